The molecule has 0 spiro atoms. The van der Waals surface area contributed by atoms with E-state index in [2.05, 4.69) is 10.3 Å². The summed E-state index contributed by atoms with van der Waals surface area (Å²) >= 11 is 5.91. The molecule has 1 heterocycles. The number of rotatable bonds is 5. The van der Waals surface area contributed by atoms with E-state index in [0.717, 1.165) is 11.3 Å². The molecule has 1 atom stereocenters. The van der Waals surface area contributed by atoms with E-state index < -0.39 is 0 Å². The molecule has 0 bridgehead atoms. The van der Waals surface area contributed by atoms with Crippen molar-refractivity contribution < 1.29 is 4.74 Å². The molecule has 1 aromatic heterocycles. The summed E-state index contributed by atoms with van der Waals surface area (Å²) in [6.07, 6.45) is 3.59. The highest BCUT2D eigenvalue weighted by molar-refractivity contribution is 6.30. The van der Waals surface area contributed by atoms with Crippen LogP contribution in [0.2, 0.25) is 5.02 Å². The fraction of sp³-hybridized carbons (Fsp3) is 0.214. The van der Waals surface area contributed by atoms with Crippen LogP contribution in [0.3, 0.4) is 0 Å². The predicted molar refractivity (Wildman–Crippen MR) is 73.0 cm³/mol. The number of hydrogen-bond acceptors (Lipinski definition) is 3. The van der Waals surface area contributed by atoms with Crippen molar-refractivity contribution in [3.63, 3.8) is 0 Å². The Labute approximate surface area is 112 Å². The van der Waals surface area contributed by atoms with E-state index in [1.807, 2.05) is 43.6 Å². The van der Waals surface area contributed by atoms with Gasteiger partial charge in [-0.05, 0) is 36.9 Å². The van der Waals surface area contributed by atoms with E-state index in [1.54, 1.807) is 12.3 Å². The Hall–Kier alpha value is -1.58. The van der Waals surface area contributed by atoms with Crippen LogP contribution in [-0.2, 0) is 0 Å². The van der Waals surface area contributed by atoms with Gasteiger partial charge in [-0.2, -0.15) is 0 Å². The Morgan fingerprint density at radius 2 is 2.22 bits per heavy atom. The Morgan fingerprint density at radius 3 is 2.89 bits per heavy atom. The minimum atomic E-state index is 0.109. The molecule has 0 radical (unpaired) electrons. The first-order chi connectivity index (χ1) is 8.79. The van der Waals surface area contributed by atoms with Crippen LogP contribution in [0.5, 0.6) is 5.75 Å². The van der Waals surface area contributed by atoms with Crippen molar-refractivity contribution in [2.45, 2.75) is 6.04 Å². The molecule has 0 aliphatic carbocycles. The van der Waals surface area contributed by atoms with E-state index in [4.69, 9.17) is 16.3 Å². The lowest BCUT2D eigenvalue weighted by atomic mass is 10.1. The lowest BCUT2D eigenvalue weighted by Crippen LogP contribution is -2.23. The monoisotopic (exact) mass is 262 g/mol. The highest BCUT2D eigenvalue weighted by atomic mass is 35.5. The van der Waals surface area contributed by atoms with Crippen molar-refractivity contribution in [3.05, 3.63) is 59.4 Å². The van der Waals surface area contributed by atoms with Crippen LogP contribution in [0.25, 0.3) is 0 Å². The van der Waals surface area contributed by atoms with Gasteiger partial charge < -0.3 is 10.1 Å². The van der Waals surface area contributed by atoms with Crippen molar-refractivity contribution in [2.24, 2.45) is 0 Å². The quantitative estimate of drug-likeness (QED) is 0.899. The number of halogens is 1. The molecule has 0 saturated carbocycles. The standard InChI is InChI=1S/C14H15ClN2O/c1-16-14(11-4-3-7-17-9-11)10-18-13-6-2-5-12(15)8-13/h2-9,14,16H,10H2,1H3. The number of ether oxygens (including phenoxy) is 1. The second kappa shape index (κ2) is 6.38. The summed E-state index contributed by atoms with van der Waals surface area (Å²) in [4.78, 5) is 4.11. The largest absolute Gasteiger partial charge is 0.492 e. The molecule has 4 heteroatoms. The summed E-state index contributed by atoms with van der Waals surface area (Å²) in [6.45, 7) is 0.530. The topological polar surface area (TPSA) is 34.1 Å². The van der Waals surface area contributed by atoms with Crippen molar-refractivity contribution >= 4 is 11.6 Å². The van der Waals surface area contributed by atoms with Crippen molar-refractivity contribution in [3.8, 4) is 5.75 Å². The molecule has 1 aromatic carbocycles. The molecule has 0 aliphatic rings. The average Bonchev–Trinajstić information content (AvgIpc) is 2.41. The van der Waals surface area contributed by atoms with E-state index in [0.29, 0.717) is 11.6 Å². The van der Waals surface area contributed by atoms with E-state index in [9.17, 15) is 0 Å². The van der Waals surface area contributed by atoms with Crippen LogP contribution in [-0.4, -0.2) is 18.6 Å². The van der Waals surface area contributed by atoms with E-state index >= 15 is 0 Å². The molecule has 2 aromatic rings. The van der Waals surface area contributed by atoms with Crippen molar-refractivity contribution in [1.29, 1.82) is 0 Å². The first kappa shape index (κ1) is 12.9. The van der Waals surface area contributed by atoms with Gasteiger partial charge in [0.05, 0.1) is 6.04 Å². The molecule has 1 unspecified atom stereocenters. The minimum Gasteiger partial charge on any atom is -0.492 e. The molecule has 18 heavy (non-hydrogen) atoms. The number of nitrogens with zero attached hydrogens (tertiary/aromatic N) is 1. The van der Waals surface area contributed by atoms with Gasteiger partial charge in [0, 0.05) is 17.4 Å². The van der Waals surface area contributed by atoms with Crippen LogP contribution in [0.4, 0.5) is 0 Å². The summed E-state index contributed by atoms with van der Waals surface area (Å²) in [5.74, 6) is 0.770. The maximum absolute atomic E-state index is 5.91. The third-order valence-corrected chi connectivity index (χ3v) is 2.88. The van der Waals surface area contributed by atoms with Gasteiger partial charge in [0.1, 0.15) is 12.4 Å². The zero-order valence-corrected chi connectivity index (χ0v) is 10.9. The van der Waals surface area contributed by atoms with Gasteiger partial charge >= 0.3 is 0 Å². The zero-order valence-electron chi connectivity index (χ0n) is 10.1. The first-order valence-electron chi connectivity index (χ1n) is 5.75. The summed E-state index contributed by atoms with van der Waals surface area (Å²) in [5, 5.41) is 3.88. The van der Waals surface area contributed by atoms with Crippen molar-refractivity contribution in [2.75, 3.05) is 13.7 Å². The number of hydrogen-bond donors (Lipinski definition) is 1. The summed E-state index contributed by atoms with van der Waals surface area (Å²) < 4.78 is 5.72. The Morgan fingerprint density at radius 1 is 1.33 bits per heavy atom. The third kappa shape index (κ3) is 3.45. The van der Waals surface area contributed by atoms with Gasteiger partial charge in [-0.3, -0.25) is 4.98 Å². The van der Waals surface area contributed by atoms with Crippen LogP contribution in [0, 0.1) is 0 Å². The van der Waals surface area contributed by atoms with Crippen molar-refractivity contribution in [1.82, 2.24) is 10.3 Å². The maximum Gasteiger partial charge on any atom is 0.120 e. The summed E-state index contributed by atoms with van der Waals surface area (Å²) in [6, 6.07) is 11.4. The number of nitrogens with one attached hydrogen (secondary N) is 1. The zero-order chi connectivity index (χ0) is 12.8. The highest BCUT2D eigenvalue weighted by Gasteiger charge is 2.09. The Bertz CT molecular complexity index is 490. The second-order valence-corrected chi connectivity index (χ2v) is 4.33. The smallest absolute Gasteiger partial charge is 0.120 e. The second-order valence-electron chi connectivity index (χ2n) is 3.90. The molecule has 0 aliphatic heterocycles. The maximum atomic E-state index is 5.91. The molecule has 0 fully saturated rings. The molecule has 94 valence electrons. The normalized spacial score (nSPS) is 12.1. The molecule has 1 N–H and O–H groups in total. The molecule has 0 saturated heterocycles. The van der Waals surface area contributed by atoms with Crippen LogP contribution < -0.4 is 10.1 Å². The first-order valence-corrected chi connectivity index (χ1v) is 6.13. The molecule has 2 rings (SSSR count). The lowest BCUT2D eigenvalue weighted by molar-refractivity contribution is 0.273. The lowest BCUT2D eigenvalue weighted by Gasteiger charge is -2.17. The molecule has 0 amide bonds. The SMILES string of the molecule is CNC(COc1cccc(Cl)c1)c1cccnc1. The van der Waals surface area contributed by atoms with Gasteiger partial charge in [0.15, 0.2) is 0 Å². The third-order valence-electron chi connectivity index (χ3n) is 2.65. The van der Waals surface area contributed by atoms with Gasteiger partial charge in [0.25, 0.3) is 0 Å². The van der Waals surface area contributed by atoms with Gasteiger partial charge in [-0.25, -0.2) is 0 Å². The number of benzene rings is 1. The number of aromatic nitrogens is 1. The number of likely N-dealkylation sites (N-methyl/N-ethyl adjacent to an activating group) is 1. The van der Waals surface area contributed by atoms with Crippen LogP contribution in [0.1, 0.15) is 11.6 Å². The van der Waals surface area contributed by atoms with Crippen LogP contribution in [0.15, 0.2) is 48.8 Å². The summed E-state index contributed by atoms with van der Waals surface area (Å²) in [7, 11) is 1.90. The molecule has 3 nitrogen and oxygen atoms in total. The Balaban J connectivity index is 2.00. The number of pyridine rings is 1. The van der Waals surface area contributed by atoms with Gasteiger partial charge in [0.2, 0.25) is 0 Å². The fourth-order valence-corrected chi connectivity index (χ4v) is 1.84. The van der Waals surface area contributed by atoms with Gasteiger partial charge in [-0.15, -0.1) is 0 Å². The average molecular weight is 263 g/mol. The molecular weight excluding hydrogens is 248 g/mol. The van der Waals surface area contributed by atoms with E-state index in [-0.39, 0.29) is 6.04 Å². The predicted octanol–water partition coefficient (Wildman–Crippen LogP) is 3.07. The van der Waals surface area contributed by atoms with E-state index in [1.165, 1.54) is 0 Å². The van der Waals surface area contributed by atoms with Gasteiger partial charge in [-0.1, -0.05) is 23.7 Å². The highest BCUT2D eigenvalue weighted by Crippen LogP contribution is 2.19. The summed E-state index contributed by atoms with van der Waals surface area (Å²) in [5.41, 5.74) is 1.10. The minimum absolute atomic E-state index is 0.109. The van der Waals surface area contributed by atoms with Crippen LogP contribution >= 0.6 is 11.6 Å². The molecular formula is C14H15ClN2O. The Kier molecular flexibility index (Phi) is 4.56. The fourth-order valence-electron chi connectivity index (χ4n) is 1.66.